The van der Waals surface area contributed by atoms with E-state index in [4.69, 9.17) is 14.9 Å². The molecule has 6 heteroatoms. The quantitative estimate of drug-likeness (QED) is 0.619. The maximum atomic E-state index is 10.00. The van der Waals surface area contributed by atoms with Crippen LogP contribution in [0.4, 0.5) is 0 Å². The molecule has 5 nitrogen and oxygen atoms in total. The summed E-state index contributed by atoms with van der Waals surface area (Å²) in [6.45, 7) is 1.50. The first-order valence-electron chi connectivity index (χ1n) is 7.59. The Kier molecular flexibility index (Phi) is 8.75. The first kappa shape index (κ1) is 19.2. The van der Waals surface area contributed by atoms with E-state index in [1.165, 1.54) is 17.5 Å². The van der Waals surface area contributed by atoms with Crippen molar-refractivity contribution < 1.29 is 20.1 Å². The van der Waals surface area contributed by atoms with Gasteiger partial charge in [-0.15, -0.1) is 12.4 Å². The van der Waals surface area contributed by atoms with Crippen LogP contribution in [0.5, 0.6) is 5.75 Å². The Bertz CT molecular complexity index is 438. The molecule has 22 heavy (non-hydrogen) atoms. The summed E-state index contributed by atoms with van der Waals surface area (Å²) in [5, 5.41) is 27.9. The largest absolute Gasteiger partial charge is 0.491 e. The summed E-state index contributed by atoms with van der Waals surface area (Å²) in [5.41, 5.74) is 2.75. The van der Waals surface area contributed by atoms with Crippen LogP contribution in [0.15, 0.2) is 18.2 Å². The zero-order valence-corrected chi connectivity index (χ0v) is 13.6. The smallest absolute Gasteiger partial charge is 0.119 e. The Morgan fingerprint density at radius 1 is 1.09 bits per heavy atom. The molecule has 1 aromatic rings. The zero-order valence-electron chi connectivity index (χ0n) is 12.8. The van der Waals surface area contributed by atoms with E-state index < -0.39 is 6.10 Å². The summed E-state index contributed by atoms with van der Waals surface area (Å²) in [4.78, 5) is 1.82. The van der Waals surface area contributed by atoms with Crippen LogP contribution in [0, 0.1) is 0 Å². The molecule has 0 heterocycles. The number of hydrogen-bond donors (Lipinski definition) is 3. The minimum absolute atomic E-state index is 0. The molecule has 0 amide bonds. The van der Waals surface area contributed by atoms with E-state index in [2.05, 4.69) is 12.1 Å². The van der Waals surface area contributed by atoms with Gasteiger partial charge in [0.05, 0.1) is 13.2 Å². The molecule has 2 rings (SSSR count). The summed E-state index contributed by atoms with van der Waals surface area (Å²) in [7, 11) is 0. The van der Waals surface area contributed by atoms with Gasteiger partial charge in [-0.05, 0) is 42.5 Å². The molecule has 1 aromatic carbocycles. The second kappa shape index (κ2) is 10.0. The highest BCUT2D eigenvalue weighted by atomic mass is 35.5. The van der Waals surface area contributed by atoms with Gasteiger partial charge in [-0.1, -0.05) is 6.07 Å². The summed E-state index contributed by atoms with van der Waals surface area (Å²) in [6.07, 6.45) is 2.82. The standard InChI is InChI=1S/C16H25NO4.ClH/c18-8-6-17(7-9-19)11-15(20)12-21-16-5-4-13-2-1-3-14(13)10-16;/h4-5,10,15,18-20H,1-3,6-9,11-12H2;1H. The molecule has 1 atom stereocenters. The molecular formula is C16H26ClNO4. The first-order valence-corrected chi connectivity index (χ1v) is 7.59. The minimum Gasteiger partial charge on any atom is -0.491 e. The topological polar surface area (TPSA) is 73.2 Å². The highest BCUT2D eigenvalue weighted by Crippen LogP contribution is 2.26. The van der Waals surface area contributed by atoms with Crippen molar-refractivity contribution in [2.24, 2.45) is 0 Å². The maximum absolute atomic E-state index is 10.00. The highest BCUT2D eigenvalue weighted by molar-refractivity contribution is 5.85. The number of fused-ring (bicyclic) bond motifs is 1. The monoisotopic (exact) mass is 331 g/mol. The SMILES string of the molecule is Cl.OCCN(CCO)CC(O)COc1ccc2c(c1)CCC2. The third-order valence-corrected chi connectivity index (χ3v) is 3.81. The average Bonchev–Trinajstić information content (AvgIpc) is 2.93. The Morgan fingerprint density at radius 3 is 2.45 bits per heavy atom. The molecule has 1 aliphatic carbocycles. The molecule has 0 aliphatic heterocycles. The van der Waals surface area contributed by atoms with Gasteiger partial charge in [-0.3, -0.25) is 4.90 Å². The van der Waals surface area contributed by atoms with Gasteiger partial charge in [0, 0.05) is 19.6 Å². The molecule has 0 aromatic heterocycles. The number of ether oxygens (including phenoxy) is 1. The number of halogens is 1. The third-order valence-electron chi connectivity index (χ3n) is 3.81. The molecule has 0 spiro atoms. The summed E-state index contributed by atoms with van der Waals surface area (Å²) in [6, 6.07) is 6.12. The van der Waals surface area contributed by atoms with Crippen molar-refractivity contribution in [3.05, 3.63) is 29.3 Å². The van der Waals surface area contributed by atoms with Gasteiger partial charge in [0.1, 0.15) is 18.5 Å². The Hall–Kier alpha value is -0.850. The van der Waals surface area contributed by atoms with Crippen molar-refractivity contribution in [1.82, 2.24) is 4.90 Å². The van der Waals surface area contributed by atoms with Crippen molar-refractivity contribution in [3.63, 3.8) is 0 Å². The molecular weight excluding hydrogens is 306 g/mol. The number of hydrogen-bond acceptors (Lipinski definition) is 5. The lowest BCUT2D eigenvalue weighted by Gasteiger charge is -2.23. The molecule has 0 fully saturated rings. The highest BCUT2D eigenvalue weighted by Gasteiger charge is 2.14. The molecule has 3 N–H and O–H groups in total. The van der Waals surface area contributed by atoms with Gasteiger partial charge >= 0.3 is 0 Å². The second-order valence-electron chi connectivity index (χ2n) is 5.50. The van der Waals surface area contributed by atoms with Crippen LogP contribution in [0.3, 0.4) is 0 Å². The molecule has 0 saturated heterocycles. The van der Waals surface area contributed by atoms with Crippen LogP contribution in [0.2, 0.25) is 0 Å². The van der Waals surface area contributed by atoms with E-state index in [9.17, 15) is 5.11 Å². The Labute approximate surface area is 137 Å². The summed E-state index contributed by atoms with van der Waals surface area (Å²) in [5.74, 6) is 0.797. The van der Waals surface area contributed by atoms with Gasteiger partial charge in [0.25, 0.3) is 0 Å². The predicted molar refractivity (Wildman–Crippen MR) is 87.8 cm³/mol. The Morgan fingerprint density at radius 2 is 1.77 bits per heavy atom. The maximum Gasteiger partial charge on any atom is 0.119 e. The van der Waals surface area contributed by atoms with Crippen LogP contribution in [0.25, 0.3) is 0 Å². The first-order chi connectivity index (χ1) is 10.2. The second-order valence-corrected chi connectivity index (χ2v) is 5.50. The summed E-state index contributed by atoms with van der Waals surface area (Å²) >= 11 is 0. The van der Waals surface area contributed by atoms with E-state index in [0.29, 0.717) is 19.6 Å². The van der Waals surface area contributed by atoms with Crippen molar-refractivity contribution in [3.8, 4) is 5.75 Å². The predicted octanol–water partition coefficient (Wildman–Crippen LogP) is 0.623. The van der Waals surface area contributed by atoms with Crippen molar-refractivity contribution in [2.75, 3.05) is 39.5 Å². The number of nitrogens with zero attached hydrogens (tertiary/aromatic N) is 1. The van der Waals surface area contributed by atoms with Crippen LogP contribution in [-0.4, -0.2) is 65.8 Å². The van der Waals surface area contributed by atoms with Gasteiger partial charge in [-0.25, -0.2) is 0 Å². The fourth-order valence-corrected chi connectivity index (χ4v) is 2.76. The number of aryl methyl sites for hydroxylation is 2. The van der Waals surface area contributed by atoms with E-state index in [-0.39, 0.29) is 32.2 Å². The molecule has 1 aliphatic rings. The lowest BCUT2D eigenvalue weighted by Crippen LogP contribution is -2.38. The van der Waals surface area contributed by atoms with Crippen molar-refractivity contribution in [2.45, 2.75) is 25.4 Å². The fraction of sp³-hybridized carbons (Fsp3) is 0.625. The third kappa shape index (κ3) is 5.74. The van der Waals surface area contributed by atoms with Crippen LogP contribution < -0.4 is 4.74 Å². The van der Waals surface area contributed by atoms with E-state index >= 15 is 0 Å². The minimum atomic E-state index is -0.642. The number of aliphatic hydroxyl groups excluding tert-OH is 3. The lowest BCUT2D eigenvalue weighted by molar-refractivity contribution is 0.0552. The fourth-order valence-electron chi connectivity index (χ4n) is 2.76. The average molecular weight is 332 g/mol. The van der Waals surface area contributed by atoms with E-state index in [1.54, 1.807) is 0 Å². The van der Waals surface area contributed by atoms with E-state index in [0.717, 1.165) is 18.6 Å². The number of benzene rings is 1. The molecule has 0 radical (unpaired) electrons. The Balaban J connectivity index is 0.00000242. The molecule has 1 unspecified atom stereocenters. The number of aliphatic hydroxyl groups is 3. The van der Waals surface area contributed by atoms with Crippen molar-refractivity contribution in [1.29, 1.82) is 0 Å². The van der Waals surface area contributed by atoms with Crippen LogP contribution in [-0.2, 0) is 12.8 Å². The van der Waals surface area contributed by atoms with Gasteiger partial charge in [0.2, 0.25) is 0 Å². The number of rotatable bonds is 9. The molecule has 0 bridgehead atoms. The lowest BCUT2D eigenvalue weighted by atomic mass is 10.1. The van der Waals surface area contributed by atoms with Crippen LogP contribution >= 0.6 is 12.4 Å². The van der Waals surface area contributed by atoms with Gasteiger partial charge in [0.15, 0.2) is 0 Å². The van der Waals surface area contributed by atoms with Gasteiger partial charge < -0.3 is 20.1 Å². The van der Waals surface area contributed by atoms with Crippen LogP contribution in [0.1, 0.15) is 17.5 Å². The zero-order chi connectivity index (χ0) is 15.1. The molecule has 0 saturated carbocycles. The van der Waals surface area contributed by atoms with Gasteiger partial charge in [-0.2, -0.15) is 0 Å². The molecule has 126 valence electrons. The summed E-state index contributed by atoms with van der Waals surface area (Å²) < 4.78 is 5.65. The normalized spacial score (nSPS) is 14.5. The van der Waals surface area contributed by atoms with E-state index in [1.807, 2.05) is 11.0 Å². The van der Waals surface area contributed by atoms with Crippen molar-refractivity contribution >= 4 is 12.4 Å².